The molecule has 0 radical (unpaired) electrons. The average Bonchev–Trinajstić information content (AvgIpc) is 2.81. The fourth-order valence-electron chi connectivity index (χ4n) is 2.92. The molecule has 158 valence electrons. The van der Waals surface area contributed by atoms with Gasteiger partial charge >= 0.3 is 11.9 Å². The highest BCUT2D eigenvalue weighted by atomic mass is 16.5. The lowest BCUT2D eigenvalue weighted by Gasteiger charge is -2.31. The van der Waals surface area contributed by atoms with Crippen LogP contribution in [0.4, 0.5) is 5.69 Å². The SMILES string of the molecule is COC(=O)C1=C(C(=O)OC)N(c2cccc(OCCOc3ccccc3)c2)COC1. The lowest BCUT2D eigenvalue weighted by molar-refractivity contribution is -0.140. The Hall–Kier alpha value is -3.52. The number of anilines is 1. The normalized spacial score (nSPS) is 13.6. The highest BCUT2D eigenvalue weighted by Crippen LogP contribution is 2.29. The second-order valence-corrected chi connectivity index (χ2v) is 6.22. The minimum Gasteiger partial charge on any atom is -0.490 e. The summed E-state index contributed by atoms with van der Waals surface area (Å²) in [7, 11) is 2.50. The Bertz CT molecular complexity index is 911. The van der Waals surface area contributed by atoms with E-state index in [0.29, 0.717) is 24.7 Å². The molecule has 2 aromatic carbocycles. The first-order valence-corrected chi connectivity index (χ1v) is 9.29. The van der Waals surface area contributed by atoms with E-state index < -0.39 is 11.9 Å². The number of esters is 2. The molecule has 0 spiro atoms. The lowest BCUT2D eigenvalue weighted by Crippen LogP contribution is -2.38. The third kappa shape index (κ3) is 5.09. The van der Waals surface area contributed by atoms with Gasteiger partial charge in [0.05, 0.1) is 26.4 Å². The molecule has 0 saturated heterocycles. The van der Waals surface area contributed by atoms with Crippen molar-refractivity contribution in [1.82, 2.24) is 0 Å². The third-order valence-corrected chi connectivity index (χ3v) is 4.33. The van der Waals surface area contributed by atoms with Crippen LogP contribution in [0.25, 0.3) is 0 Å². The van der Waals surface area contributed by atoms with Crippen LogP contribution in [0.1, 0.15) is 0 Å². The summed E-state index contributed by atoms with van der Waals surface area (Å²) < 4.78 is 26.5. The second kappa shape index (κ2) is 10.3. The van der Waals surface area contributed by atoms with Crippen molar-refractivity contribution in [2.75, 3.05) is 45.7 Å². The summed E-state index contributed by atoms with van der Waals surface area (Å²) in [6.07, 6.45) is 0. The van der Waals surface area contributed by atoms with Crippen molar-refractivity contribution in [2.45, 2.75) is 0 Å². The van der Waals surface area contributed by atoms with Gasteiger partial charge in [-0.1, -0.05) is 24.3 Å². The van der Waals surface area contributed by atoms with Gasteiger partial charge in [-0.3, -0.25) is 0 Å². The zero-order valence-corrected chi connectivity index (χ0v) is 16.8. The smallest absolute Gasteiger partial charge is 0.355 e. The molecule has 8 heteroatoms. The summed E-state index contributed by atoms with van der Waals surface area (Å²) in [5, 5.41) is 0. The summed E-state index contributed by atoms with van der Waals surface area (Å²) in [5.41, 5.74) is 0.788. The van der Waals surface area contributed by atoms with Crippen LogP contribution >= 0.6 is 0 Å². The number of rotatable bonds is 8. The Labute approximate surface area is 174 Å². The molecule has 1 aliphatic rings. The number of methoxy groups -OCH3 is 2. The predicted octanol–water partition coefficient (Wildman–Crippen LogP) is 2.54. The van der Waals surface area contributed by atoms with Crippen molar-refractivity contribution >= 4 is 17.6 Å². The number of ether oxygens (including phenoxy) is 5. The molecule has 2 aromatic rings. The van der Waals surface area contributed by atoms with Gasteiger partial charge in [-0.15, -0.1) is 0 Å². The molecular formula is C22H23NO7. The molecule has 1 heterocycles. The molecule has 30 heavy (non-hydrogen) atoms. The topological polar surface area (TPSA) is 83.5 Å². The van der Waals surface area contributed by atoms with Crippen molar-refractivity contribution in [2.24, 2.45) is 0 Å². The van der Waals surface area contributed by atoms with E-state index in [1.807, 2.05) is 30.3 Å². The van der Waals surface area contributed by atoms with E-state index in [-0.39, 0.29) is 24.6 Å². The van der Waals surface area contributed by atoms with Crippen LogP contribution in [0.5, 0.6) is 11.5 Å². The zero-order chi connectivity index (χ0) is 21.3. The van der Waals surface area contributed by atoms with Gasteiger partial charge in [-0.25, -0.2) is 9.59 Å². The largest absolute Gasteiger partial charge is 0.490 e. The molecule has 1 aliphatic heterocycles. The Morgan fingerprint density at radius 2 is 1.57 bits per heavy atom. The summed E-state index contributed by atoms with van der Waals surface area (Å²) in [5.74, 6) is 0.0499. The quantitative estimate of drug-likeness (QED) is 0.482. The molecule has 0 amide bonds. The van der Waals surface area contributed by atoms with E-state index in [9.17, 15) is 9.59 Å². The standard InChI is InChI=1S/C22H23NO7/c1-26-21(24)19-14-28-15-23(20(19)22(25)27-2)16-7-6-10-18(13-16)30-12-11-29-17-8-4-3-5-9-17/h3-10,13H,11-12,14-15H2,1-2H3. The zero-order valence-electron chi connectivity index (χ0n) is 16.8. The van der Waals surface area contributed by atoms with Crippen molar-refractivity contribution in [1.29, 1.82) is 0 Å². The highest BCUT2D eigenvalue weighted by molar-refractivity contribution is 6.03. The molecule has 0 bridgehead atoms. The van der Waals surface area contributed by atoms with Crippen LogP contribution in [-0.2, 0) is 23.8 Å². The maximum Gasteiger partial charge on any atom is 0.355 e. The lowest BCUT2D eigenvalue weighted by atomic mass is 10.1. The first kappa shape index (κ1) is 21.2. The van der Waals surface area contributed by atoms with Crippen LogP contribution in [0.2, 0.25) is 0 Å². The molecule has 0 aromatic heterocycles. The van der Waals surface area contributed by atoms with Gasteiger partial charge in [-0.05, 0) is 24.3 Å². The summed E-state index contributed by atoms with van der Waals surface area (Å²) in [4.78, 5) is 26.0. The first-order chi connectivity index (χ1) is 14.6. The Morgan fingerprint density at radius 1 is 0.900 bits per heavy atom. The number of carbonyl (C=O) groups excluding carboxylic acids is 2. The van der Waals surface area contributed by atoms with Gasteiger partial charge in [0.15, 0.2) is 0 Å². The maximum atomic E-state index is 12.4. The average molecular weight is 413 g/mol. The number of hydrogen-bond donors (Lipinski definition) is 0. The van der Waals surface area contributed by atoms with E-state index in [0.717, 1.165) is 5.75 Å². The van der Waals surface area contributed by atoms with Gasteiger partial charge in [0.2, 0.25) is 0 Å². The van der Waals surface area contributed by atoms with E-state index in [4.69, 9.17) is 23.7 Å². The van der Waals surface area contributed by atoms with Gasteiger partial charge in [0.25, 0.3) is 0 Å². The van der Waals surface area contributed by atoms with Crippen LogP contribution in [0.15, 0.2) is 65.9 Å². The third-order valence-electron chi connectivity index (χ3n) is 4.33. The van der Waals surface area contributed by atoms with Crippen molar-refractivity contribution < 1.29 is 33.3 Å². The van der Waals surface area contributed by atoms with Gasteiger partial charge < -0.3 is 28.6 Å². The van der Waals surface area contributed by atoms with Crippen LogP contribution in [0.3, 0.4) is 0 Å². The maximum absolute atomic E-state index is 12.4. The van der Waals surface area contributed by atoms with Gasteiger partial charge in [0.1, 0.15) is 37.1 Å². The molecule has 8 nitrogen and oxygen atoms in total. The molecule has 3 rings (SSSR count). The minimum absolute atomic E-state index is 0.0410. The monoisotopic (exact) mass is 413 g/mol. The first-order valence-electron chi connectivity index (χ1n) is 9.29. The summed E-state index contributed by atoms with van der Waals surface area (Å²) in [6, 6.07) is 16.6. The van der Waals surface area contributed by atoms with Gasteiger partial charge in [-0.2, -0.15) is 0 Å². The van der Waals surface area contributed by atoms with E-state index in [1.54, 1.807) is 29.2 Å². The predicted molar refractivity (Wildman–Crippen MR) is 108 cm³/mol. The fraction of sp³-hybridized carbons (Fsp3) is 0.273. The van der Waals surface area contributed by atoms with Crippen molar-refractivity contribution in [3.05, 3.63) is 65.9 Å². The number of benzene rings is 2. The van der Waals surface area contributed by atoms with Crippen LogP contribution < -0.4 is 14.4 Å². The molecule has 0 saturated carbocycles. The Balaban J connectivity index is 1.73. The summed E-state index contributed by atoms with van der Waals surface area (Å²) >= 11 is 0. The van der Waals surface area contributed by atoms with Crippen LogP contribution in [-0.4, -0.2) is 52.7 Å². The number of para-hydroxylation sites is 1. The highest BCUT2D eigenvalue weighted by Gasteiger charge is 2.32. The van der Waals surface area contributed by atoms with Crippen LogP contribution in [0, 0.1) is 0 Å². The fourth-order valence-corrected chi connectivity index (χ4v) is 2.92. The molecule has 0 atom stereocenters. The molecule has 0 unspecified atom stereocenters. The Morgan fingerprint density at radius 3 is 2.27 bits per heavy atom. The minimum atomic E-state index is -0.652. The summed E-state index contributed by atoms with van der Waals surface area (Å²) in [6.45, 7) is 0.745. The van der Waals surface area contributed by atoms with E-state index in [2.05, 4.69) is 0 Å². The number of carbonyl (C=O) groups is 2. The van der Waals surface area contributed by atoms with Crippen molar-refractivity contribution in [3.63, 3.8) is 0 Å². The van der Waals surface area contributed by atoms with Crippen molar-refractivity contribution in [3.8, 4) is 11.5 Å². The molecule has 0 N–H and O–H groups in total. The van der Waals surface area contributed by atoms with Gasteiger partial charge in [0, 0.05) is 11.8 Å². The van der Waals surface area contributed by atoms with E-state index in [1.165, 1.54) is 14.2 Å². The molecular weight excluding hydrogens is 390 g/mol. The second-order valence-electron chi connectivity index (χ2n) is 6.22. The van der Waals surface area contributed by atoms with E-state index >= 15 is 0 Å². The number of nitrogens with zero attached hydrogens (tertiary/aromatic N) is 1. The Kier molecular flexibility index (Phi) is 7.29. The number of hydrogen-bond acceptors (Lipinski definition) is 8. The molecule has 0 aliphatic carbocycles. The molecule has 0 fully saturated rings.